The van der Waals surface area contributed by atoms with Crippen molar-refractivity contribution in [3.8, 4) is 5.88 Å². The van der Waals surface area contributed by atoms with Gasteiger partial charge in [-0.3, -0.25) is 0 Å². The fourth-order valence-electron chi connectivity index (χ4n) is 1.62. The van der Waals surface area contributed by atoms with E-state index in [0.717, 1.165) is 0 Å². The van der Waals surface area contributed by atoms with E-state index >= 15 is 0 Å². The normalized spacial score (nSPS) is 10.1. The minimum absolute atomic E-state index is 0.0678. The molecule has 1 heterocycles. The number of nitrogen functional groups attached to an aromatic ring is 1. The number of ether oxygens (including phenoxy) is 2. The Bertz CT molecular complexity index is 632. The molecule has 0 atom stereocenters. The Balaban J connectivity index is 2.06. The van der Waals surface area contributed by atoms with Gasteiger partial charge in [-0.15, -0.1) is 0 Å². The third-order valence-electron chi connectivity index (χ3n) is 2.63. The number of carbonyl (C=O) groups is 1. The highest BCUT2D eigenvalue weighted by Crippen LogP contribution is 2.21. The van der Waals surface area contributed by atoms with Gasteiger partial charge in [0.15, 0.2) is 0 Å². The molecule has 5 nitrogen and oxygen atoms in total. The number of benzene rings is 1. The van der Waals surface area contributed by atoms with Crippen LogP contribution in [0.4, 0.5) is 5.69 Å². The van der Waals surface area contributed by atoms with Crippen LogP contribution in [0.3, 0.4) is 0 Å². The maximum Gasteiger partial charge on any atom is 0.338 e. The molecule has 0 amide bonds. The predicted molar refractivity (Wildman–Crippen MR) is 75.8 cm³/mol. The lowest BCUT2D eigenvalue weighted by Crippen LogP contribution is -2.07. The maximum atomic E-state index is 11.9. The van der Waals surface area contributed by atoms with Crippen LogP contribution in [0.5, 0.6) is 5.88 Å². The Kier molecular flexibility index (Phi) is 4.42. The van der Waals surface area contributed by atoms with Crippen molar-refractivity contribution in [1.29, 1.82) is 0 Å². The molecule has 6 heteroatoms. The summed E-state index contributed by atoms with van der Waals surface area (Å²) in [4.78, 5) is 15.9. The van der Waals surface area contributed by atoms with Crippen LogP contribution in [0.2, 0.25) is 5.02 Å². The van der Waals surface area contributed by atoms with E-state index < -0.39 is 5.97 Å². The highest BCUT2D eigenvalue weighted by molar-refractivity contribution is 6.33. The van der Waals surface area contributed by atoms with Crippen molar-refractivity contribution >= 4 is 23.3 Å². The second-order valence-corrected chi connectivity index (χ2v) is 4.39. The number of pyridine rings is 1. The molecule has 0 fully saturated rings. The molecule has 104 valence electrons. The number of hydrogen-bond acceptors (Lipinski definition) is 5. The van der Waals surface area contributed by atoms with Crippen LogP contribution in [-0.2, 0) is 11.3 Å². The fourth-order valence-corrected chi connectivity index (χ4v) is 1.73. The first-order chi connectivity index (χ1) is 9.61. The summed E-state index contributed by atoms with van der Waals surface area (Å²) in [6.45, 7) is 0.0678. The Morgan fingerprint density at radius 2 is 2.20 bits per heavy atom. The molecule has 0 saturated carbocycles. The van der Waals surface area contributed by atoms with E-state index in [9.17, 15) is 4.79 Å². The maximum absolute atomic E-state index is 11.9. The van der Waals surface area contributed by atoms with Crippen LogP contribution < -0.4 is 10.5 Å². The van der Waals surface area contributed by atoms with E-state index in [1.807, 2.05) is 0 Å². The number of aromatic nitrogens is 1. The lowest BCUT2D eigenvalue weighted by Gasteiger charge is -2.08. The zero-order valence-electron chi connectivity index (χ0n) is 10.8. The van der Waals surface area contributed by atoms with Gasteiger partial charge in [0, 0.05) is 6.20 Å². The van der Waals surface area contributed by atoms with Crippen LogP contribution in [0, 0.1) is 0 Å². The van der Waals surface area contributed by atoms with Crippen molar-refractivity contribution in [2.24, 2.45) is 0 Å². The van der Waals surface area contributed by atoms with Gasteiger partial charge >= 0.3 is 5.97 Å². The van der Waals surface area contributed by atoms with Crippen molar-refractivity contribution in [2.75, 3.05) is 12.8 Å². The molecule has 0 aliphatic carbocycles. The number of halogens is 1. The van der Waals surface area contributed by atoms with Crippen LogP contribution in [0.15, 0.2) is 36.5 Å². The van der Waals surface area contributed by atoms with Crippen molar-refractivity contribution in [2.45, 2.75) is 6.61 Å². The Morgan fingerprint density at radius 1 is 1.40 bits per heavy atom. The molecule has 0 radical (unpaired) electrons. The van der Waals surface area contributed by atoms with Gasteiger partial charge in [-0.05, 0) is 30.3 Å². The smallest absolute Gasteiger partial charge is 0.338 e. The SMILES string of the molecule is COc1ncccc1COC(=O)c1ccc(Cl)c(N)c1. The molecule has 0 spiro atoms. The monoisotopic (exact) mass is 292 g/mol. The van der Waals surface area contributed by atoms with E-state index in [2.05, 4.69) is 4.98 Å². The van der Waals surface area contributed by atoms with E-state index in [4.69, 9.17) is 26.8 Å². The fraction of sp³-hybridized carbons (Fsp3) is 0.143. The number of methoxy groups -OCH3 is 1. The van der Waals surface area contributed by atoms with Gasteiger partial charge in [0.2, 0.25) is 5.88 Å². The number of nitrogens with two attached hydrogens (primary N) is 1. The second kappa shape index (κ2) is 6.25. The molecule has 1 aromatic carbocycles. The largest absolute Gasteiger partial charge is 0.481 e. The van der Waals surface area contributed by atoms with E-state index in [0.29, 0.717) is 27.7 Å². The number of nitrogens with zero attached hydrogens (tertiary/aromatic N) is 1. The first-order valence-corrected chi connectivity index (χ1v) is 6.19. The third-order valence-corrected chi connectivity index (χ3v) is 2.98. The highest BCUT2D eigenvalue weighted by atomic mass is 35.5. The summed E-state index contributed by atoms with van der Waals surface area (Å²) >= 11 is 5.80. The summed E-state index contributed by atoms with van der Waals surface area (Å²) < 4.78 is 10.3. The average Bonchev–Trinajstić information content (AvgIpc) is 2.47. The Morgan fingerprint density at radius 3 is 2.90 bits per heavy atom. The highest BCUT2D eigenvalue weighted by Gasteiger charge is 2.11. The minimum Gasteiger partial charge on any atom is -0.481 e. The molecule has 2 rings (SSSR count). The molecule has 0 unspecified atom stereocenters. The standard InChI is InChI=1S/C14H13ClN2O3/c1-19-13-10(3-2-6-17-13)8-20-14(18)9-4-5-11(15)12(16)7-9/h2-7H,8,16H2,1H3. The minimum atomic E-state index is -0.487. The lowest BCUT2D eigenvalue weighted by atomic mass is 10.2. The summed E-state index contributed by atoms with van der Waals surface area (Å²) in [5, 5.41) is 0.399. The third kappa shape index (κ3) is 3.19. The van der Waals surface area contributed by atoms with E-state index in [1.165, 1.54) is 13.2 Å². The number of hydrogen-bond donors (Lipinski definition) is 1. The zero-order chi connectivity index (χ0) is 14.5. The van der Waals surface area contributed by atoms with Gasteiger partial charge in [0.1, 0.15) is 6.61 Å². The molecular formula is C14H13ClN2O3. The predicted octanol–water partition coefficient (Wildman–Crippen LogP) is 2.68. The topological polar surface area (TPSA) is 74.4 Å². The van der Waals surface area contributed by atoms with Gasteiger partial charge in [-0.25, -0.2) is 9.78 Å². The van der Waals surface area contributed by atoms with Gasteiger partial charge in [0.25, 0.3) is 0 Å². The number of esters is 1. The summed E-state index contributed by atoms with van der Waals surface area (Å²) in [6.07, 6.45) is 1.60. The Hall–Kier alpha value is -2.27. The van der Waals surface area contributed by atoms with Gasteiger partial charge < -0.3 is 15.2 Å². The van der Waals surface area contributed by atoms with Crippen molar-refractivity contribution < 1.29 is 14.3 Å². The number of anilines is 1. The average molecular weight is 293 g/mol. The second-order valence-electron chi connectivity index (χ2n) is 3.98. The number of rotatable bonds is 4. The van der Waals surface area contributed by atoms with E-state index in [1.54, 1.807) is 30.5 Å². The molecule has 20 heavy (non-hydrogen) atoms. The van der Waals surface area contributed by atoms with Crippen molar-refractivity contribution in [3.63, 3.8) is 0 Å². The summed E-state index contributed by atoms with van der Waals surface area (Å²) in [7, 11) is 1.51. The van der Waals surface area contributed by atoms with Crippen LogP contribution in [-0.4, -0.2) is 18.1 Å². The van der Waals surface area contributed by atoms with Crippen molar-refractivity contribution in [1.82, 2.24) is 4.98 Å². The zero-order valence-corrected chi connectivity index (χ0v) is 11.6. The molecule has 0 bridgehead atoms. The molecule has 2 aromatic rings. The molecule has 2 N–H and O–H groups in total. The van der Waals surface area contributed by atoms with Gasteiger partial charge in [-0.2, -0.15) is 0 Å². The number of carbonyl (C=O) groups excluding carboxylic acids is 1. The van der Waals surface area contributed by atoms with Crippen LogP contribution in [0.1, 0.15) is 15.9 Å². The molecule has 0 aliphatic heterocycles. The quantitative estimate of drug-likeness (QED) is 0.693. The molecular weight excluding hydrogens is 280 g/mol. The summed E-state index contributed by atoms with van der Waals surface area (Å²) in [5.41, 5.74) is 7.00. The first-order valence-electron chi connectivity index (χ1n) is 5.82. The molecule has 0 saturated heterocycles. The van der Waals surface area contributed by atoms with Crippen LogP contribution >= 0.6 is 11.6 Å². The summed E-state index contributed by atoms with van der Waals surface area (Å²) in [5.74, 6) is -0.0600. The van der Waals surface area contributed by atoms with Gasteiger partial charge in [-0.1, -0.05) is 11.6 Å². The lowest BCUT2D eigenvalue weighted by molar-refractivity contribution is 0.0469. The van der Waals surface area contributed by atoms with E-state index in [-0.39, 0.29) is 6.61 Å². The van der Waals surface area contributed by atoms with Crippen LogP contribution in [0.25, 0.3) is 0 Å². The van der Waals surface area contributed by atoms with Gasteiger partial charge in [0.05, 0.1) is 28.9 Å². The van der Waals surface area contributed by atoms with Crippen molar-refractivity contribution in [3.05, 3.63) is 52.7 Å². The summed E-state index contributed by atoms with van der Waals surface area (Å²) in [6, 6.07) is 8.10. The first kappa shape index (κ1) is 14.1. The Labute approximate surface area is 121 Å². The molecule has 1 aromatic heterocycles. The molecule has 0 aliphatic rings.